The second-order valence-electron chi connectivity index (χ2n) is 4.82. The summed E-state index contributed by atoms with van der Waals surface area (Å²) in [5.74, 6) is -0.990. The third-order valence-electron chi connectivity index (χ3n) is 3.45. The average Bonchev–Trinajstić information content (AvgIpc) is 3.10. The molecule has 0 unspecified atom stereocenters. The number of aliphatic carboxylic acids is 1. The van der Waals surface area contributed by atoms with Crippen LogP contribution in [0.25, 0.3) is 11.1 Å². The number of para-hydroxylation sites is 2. The zero-order valence-corrected chi connectivity index (χ0v) is 12.0. The van der Waals surface area contributed by atoms with Crippen molar-refractivity contribution in [2.24, 2.45) is 0 Å². The van der Waals surface area contributed by atoms with Crippen LogP contribution in [0.2, 0.25) is 0 Å². The number of hydrogen-bond acceptors (Lipinski definition) is 5. The normalized spacial score (nSPS) is 18.3. The number of carboxylic acid groups (broad SMARTS) is 1. The number of carboxylic acids is 1. The molecule has 2 aromatic rings. The summed E-state index contributed by atoms with van der Waals surface area (Å²) in [6.45, 7) is 0.504. The minimum absolute atomic E-state index is 0.136. The third kappa shape index (κ3) is 2.87. The highest BCUT2D eigenvalue weighted by Crippen LogP contribution is 2.25. The monoisotopic (exact) mass is 306 g/mol. The van der Waals surface area contributed by atoms with E-state index in [2.05, 4.69) is 4.98 Å². The molecule has 110 valence electrons. The Hall–Kier alpha value is -2.02. The SMILES string of the molecule is O=C(O)[C@@H]1CCCN1C(=O)CSc1nc2ccccc2o1. The van der Waals surface area contributed by atoms with E-state index < -0.39 is 12.0 Å². The molecule has 6 nitrogen and oxygen atoms in total. The maximum Gasteiger partial charge on any atom is 0.326 e. The fourth-order valence-corrected chi connectivity index (χ4v) is 3.17. The predicted molar refractivity (Wildman–Crippen MR) is 77.1 cm³/mol. The van der Waals surface area contributed by atoms with Gasteiger partial charge in [0.2, 0.25) is 5.91 Å². The Kier molecular flexibility index (Phi) is 3.83. The van der Waals surface area contributed by atoms with Crippen LogP contribution >= 0.6 is 11.8 Å². The summed E-state index contributed by atoms with van der Waals surface area (Å²) in [6, 6.07) is 6.68. The molecule has 0 aliphatic carbocycles. The molecule has 7 heteroatoms. The summed E-state index contributed by atoms with van der Waals surface area (Å²) >= 11 is 1.19. The van der Waals surface area contributed by atoms with Crippen LogP contribution in [0.5, 0.6) is 0 Å². The number of aromatic nitrogens is 1. The van der Waals surface area contributed by atoms with Gasteiger partial charge >= 0.3 is 5.97 Å². The Balaban J connectivity index is 1.64. The van der Waals surface area contributed by atoms with Gasteiger partial charge in [-0.05, 0) is 25.0 Å². The van der Waals surface area contributed by atoms with E-state index in [1.54, 1.807) is 0 Å². The minimum Gasteiger partial charge on any atom is -0.480 e. The van der Waals surface area contributed by atoms with Gasteiger partial charge in [0.25, 0.3) is 5.22 Å². The first-order valence-corrected chi connectivity index (χ1v) is 7.64. The third-order valence-corrected chi connectivity index (χ3v) is 4.26. The number of rotatable bonds is 4. The van der Waals surface area contributed by atoms with Gasteiger partial charge in [0.05, 0.1) is 5.75 Å². The summed E-state index contributed by atoms with van der Waals surface area (Å²) in [4.78, 5) is 28.9. The summed E-state index contributed by atoms with van der Waals surface area (Å²) in [5, 5.41) is 9.51. The van der Waals surface area contributed by atoms with Crippen molar-refractivity contribution in [3.63, 3.8) is 0 Å². The summed E-state index contributed by atoms with van der Waals surface area (Å²) in [7, 11) is 0. The minimum atomic E-state index is -0.937. The molecule has 0 radical (unpaired) electrons. The number of benzene rings is 1. The van der Waals surface area contributed by atoms with Gasteiger partial charge in [-0.2, -0.15) is 0 Å². The van der Waals surface area contributed by atoms with Crippen LogP contribution in [0.3, 0.4) is 0 Å². The molecule has 1 aromatic heterocycles. The van der Waals surface area contributed by atoms with Gasteiger partial charge in [-0.25, -0.2) is 9.78 Å². The van der Waals surface area contributed by atoms with Gasteiger partial charge in [0.1, 0.15) is 11.6 Å². The average molecular weight is 306 g/mol. The number of carbonyl (C=O) groups is 2. The number of amides is 1. The zero-order valence-electron chi connectivity index (χ0n) is 11.2. The number of nitrogens with zero attached hydrogens (tertiary/aromatic N) is 2. The number of fused-ring (bicyclic) bond motifs is 1. The molecular weight excluding hydrogens is 292 g/mol. The van der Waals surface area contributed by atoms with Crippen molar-refractivity contribution < 1.29 is 19.1 Å². The number of likely N-dealkylation sites (tertiary alicyclic amines) is 1. The molecule has 1 aliphatic rings. The maximum atomic E-state index is 12.1. The van der Waals surface area contributed by atoms with E-state index >= 15 is 0 Å². The van der Waals surface area contributed by atoms with E-state index in [1.165, 1.54) is 16.7 Å². The number of thioether (sulfide) groups is 1. The van der Waals surface area contributed by atoms with Crippen molar-refractivity contribution in [1.29, 1.82) is 0 Å². The molecule has 1 saturated heterocycles. The zero-order chi connectivity index (χ0) is 14.8. The first kappa shape index (κ1) is 13.9. The fourth-order valence-electron chi connectivity index (χ4n) is 2.44. The molecule has 0 bridgehead atoms. The molecule has 21 heavy (non-hydrogen) atoms. The summed E-state index contributed by atoms with van der Waals surface area (Å²) in [6.07, 6.45) is 1.25. The van der Waals surface area contributed by atoms with Gasteiger partial charge in [-0.1, -0.05) is 23.9 Å². The molecule has 3 rings (SSSR count). The standard InChI is InChI=1S/C14H14N2O4S/c17-12(16-7-3-5-10(16)13(18)19)8-21-14-15-9-4-1-2-6-11(9)20-14/h1-2,4,6,10H,3,5,7-8H2,(H,18,19)/t10-/m0/s1. The summed E-state index contributed by atoms with van der Waals surface area (Å²) in [5.41, 5.74) is 1.43. The lowest BCUT2D eigenvalue weighted by atomic mass is 10.2. The lowest BCUT2D eigenvalue weighted by Crippen LogP contribution is -2.41. The van der Waals surface area contributed by atoms with Crippen molar-refractivity contribution >= 4 is 34.7 Å². The highest BCUT2D eigenvalue weighted by Gasteiger charge is 2.33. The van der Waals surface area contributed by atoms with E-state index in [4.69, 9.17) is 9.52 Å². The van der Waals surface area contributed by atoms with Crippen LogP contribution in [0.4, 0.5) is 0 Å². The first-order chi connectivity index (χ1) is 10.1. The summed E-state index contributed by atoms with van der Waals surface area (Å²) < 4.78 is 5.52. The van der Waals surface area contributed by atoms with Crippen molar-refractivity contribution in [3.05, 3.63) is 24.3 Å². The van der Waals surface area contributed by atoms with Crippen LogP contribution in [0.15, 0.2) is 33.9 Å². The number of carbonyl (C=O) groups excluding carboxylic acids is 1. The van der Waals surface area contributed by atoms with Crippen molar-refractivity contribution in [3.8, 4) is 0 Å². The van der Waals surface area contributed by atoms with E-state index in [1.807, 2.05) is 24.3 Å². The Bertz CT molecular complexity index is 651. The Labute approximate surface area is 125 Å². The molecular formula is C14H14N2O4S. The highest BCUT2D eigenvalue weighted by molar-refractivity contribution is 7.99. The predicted octanol–water partition coefficient (Wildman–Crippen LogP) is 2.00. The molecule has 1 N–H and O–H groups in total. The van der Waals surface area contributed by atoms with Gasteiger partial charge in [0, 0.05) is 6.54 Å². The maximum absolute atomic E-state index is 12.1. The number of hydrogen-bond donors (Lipinski definition) is 1. The fraction of sp³-hybridized carbons (Fsp3) is 0.357. The van der Waals surface area contributed by atoms with Crippen LogP contribution in [0, 0.1) is 0 Å². The molecule has 0 saturated carbocycles. The smallest absolute Gasteiger partial charge is 0.326 e. The first-order valence-electron chi connectivity index (χ1n) is 6.66. The van der Waals surface area contributed by atoms with Crippen LogP contribution in [-0.4, -0.2) is 45.2 Å². The van der Waals surface area contributed by atoms with Gasteiger partial charge in [-0.15, -0.1) is 0 Å². The Morgan fingerprint density at radius 1 is 1.43 bits per heavy atom. The highest BCUT2D eigenvalue weighted by atomic mass is 32.2. The van der Waals surface area contributed by atoms with E-state index in [0.29, 0.717) is 23.8 Å². The molecule has 2 heterocycles. The molecule has 1 aliphatic heterocycles. The second-order valence-corrected chi connectivity index (χ2v) is 5.75. The Morgan fingerprint density at radius 2 is 2.24 bits per heavy atom. The van der Waals surface area contributed by atoms with Crippen molar-refractivity contribution in [2.45, 2.75) is 24.1 Å². The largest absolute Gasteiger partial charge is 0.480 e. The van der Waals surface area contributed by atoms with Gasteiger partial charge in [-0.3, -0.25) is 4.79 Å². The molecule has 0 spiro atoms. The lowest BCUT2D eigenvalue weighted by molar-refractivity contribution is -0.147. The van der Waals surface area contributed by atoms with Crippen LogP contribution in [-0.2, 0) is 9.59 Å². The quantitative estimate of drug-likeness (QED) is 0.870. The lowest BCUT2D eigenvalue weighted by Gasteiger charge is -2.20. The van der Waals surface area contributed by atoms with E-state index in [9.17, 15) is 9.59 Å². The van der Waals surface area contributed by atoms with Gasteiger partial charge < -0.3 is 14.4 Å². The molecule has 1 fully saturated rings. The van der Waals surface area contributed by atoms with E-state index in [0.717, 1.165) is 11.9 Å². The topological polar surface area (TPSA) is 83.6 Å². The number of oxazole rings is 1. The second kappa shape index (κ2) is 5.77. The van der Waals surface area contributed by atoms with E-state index in [-0.39, 0.29) is 11.7 Å². The van der Waals surface area contributed by atoms with Crippen LogP contribution < -0.4 is 0 Å². The van der Waals surface area contributed by atoms with Crippen molar-refractivity contribution in [2.75, 3.05) is 12.3 Å². The van der Waals surface area contributed by atoms with Crippen LogP contribution in [0.1, 0.15) is 12.8 Å². The molecule has 1 atom stereocenters. The van der Waals surface area contributed by atoms with Crippen molar-refractivity contribution in [1.82, 2.24) is 9.88 Å². The molecule has 1 amide bonds. The Morgan fingerprint density at radius 3 is 3.00 bits per heavy atom. The van der Waals surface area contributed by atoms with Gasteiger partial charge in [0.15, 0.2) is 5.58 Å². The molecule has 1 aromatic carbocycles.